The van der Waals surface area contributed by atoms with E-state index in [9.17, 15) is 14.9 Å². The Bertz CT molecular complexity index is 1700. The maximum absolute atomic E-state index is 13.8. The maximum atomic E-state index is 13.8. The molecule has 3 aromatic carbocycles. The van der Waals surface area contributed by atoms with Crippen LogP contribution in [-0.4, -0.2) is 46.5 Å². The molecule has 1 amide bonds. The lowest BCUT2D eigenvalue weighted by molar-refractivity contribution is -0.384. The lowest BCUT2D eigenvalue weighted by Crippen LogP contribution is -2.32. The van der Waals surface area contributed by atoms with Gasteiger partial charge in [0, 0.05) is 18.1 Å². The predicted molar refractivity (Wildman–Crippen MR) is 165 cm³/mol. The van der Waals surface area contributed by atoms with Gasteiger partial charge in [0.25, 0.3) is 11.6 Å². The van der Waals surface area contributed by atoms with E-state index in [2.05, 4.69) is 11.1 Å². The van der Waals surface area contributed by atoms with E-state index in [-0.39, 0.29) is 29.3 Å². The average molecular weight is 601 g/mol. The number of thiazole rings is 1. The number of amides is 1. The highest BCUT2D eigenvalue weighted by atomic mass is 32.2. The molecule has 42 heavy (non-hydrogen) atoms. The van der Waals surface area contributed by atoms with Crippen LogP contribution in [-0.2, 0) is 4.79 Å². The van der Waals surface area contributed by atoms with Crippen molar-refractivity contribution < 1.29 is 19.2 Å². The van der Waals surface area contributed by atoms with Crippen LogP contribution in [0.5, 0.6) is 11.5 Å². The monoisotopic (exact) mass is 600 g/mol. The van der Waals surface area contributed by atoms with Gasteiger partial charge >= 0.3 is 0 Å². The summed E-state index contributed by atoms with van der Waals surface area (Å²) in [5.74, 6) is 1.67. The van der Waals surface area contributed by atoms with Crippen LogP contribution in [0.3, 0.4) is 0 Å². The Morgan fingerprint density at radius 1 is 1.10 bits per heavy atom. The zero-order valence-electron chi connectivity index (χ0n) is 23.1. The zero-order chi connectivity index (χ0) is 29.2. The van der Waals surface area contributed by atoms with Gasteiger partial charge in [-0.25, -0.2) is 9.99 Å². The van der Waals surface area contributed by atoms with Gasteiger partial charge in [0.15, 0.2) is 4.34 Å². The van der Waals surface area contributed by atoms with Crippen LogP contribution in [0.4, 0.5) is 5.69 Å². The number of nitro groups is 1. The molecule has 0 saturated heterocycles. The fraction of sp³-hybridized carbons (Fsp3) is 0.258. The number of allylic oxidation sites excluding steroid dienone is 1. The topological polar surface area (TPSA) is 107 Å². The summed E-state index contributed by atoms with van der Waals surface area (Å²) in [6.07, 6.45) is 5.00. The number of benzene rings is 3. The molecule has 1 saturated carbocycles. The molecule has 6 rings (SSSR count). The lowest BCUT2D eigenvalue weighted by Gasteiger charge is -2.29. The Labute approximate surface area is 251 Å². The van der Waals surface area contributed by atoms with Crippen molar-refractivity contribution >= 4 is 56.7 Å². The van der Waals surface area contributed by atoms with Crippen LogP contribution >= 0.6 is 23.1 Å². The molecule has 1 aromatic heterocycles. The van der Waals surface area contributed by atoms with Gasteiger partial charge in [0.2, 0.25) is 0 Å². The number of nitrogens with zero attached hydrogens (tertiary/aromatic N) is 4. The van der Waals surface area contributed by atoms with E-state index in [0.717, 1.165) is 57.9 Å². The summed E-state index contributed by atoms with van der Waals surface area (Å²) in [5.41, 5.74) is 4.88. The first-order valence-corrected chi connectivity index (χ1v) is 15.3. The molecule has 9 nitrogen and oxygen atoms in total. The van der Waals surface area contributed by atoms with Crippen molar-refractivity contribution in [2.24, 2.45) is 11.0 Å². The van der Waals surface area contributed by atoms with Gasteiger partial charge in [-0.2, -0.15) is 5.10 Å². The van der Waals surface area contributed by atoms with E-state index in [0.29, 0.717) is 9.86 Å². The Balaban J connectivity index is 1.29. The lowest BCUT2D eigenvalue weighted by atomic mass is 9.77. The minimum Gasteiger partial charge on any atom is -0.497 e. The van der Waals surface area contributed by atoms with E-state index in [1.165, 1.54) is 35.2 Å². The first-order valence-electron chi connectivity index (χ1n) is 13.5. The third kappa shape index (κ3) is 5.62. The first-order chi connectivity index (χ1) is 20.4. The molecule has 1 aliphatic carbocycles. The van der Waals surface area contributed by atoms with Crippen LogP contribution in [0.2, 0.25) is 0 Å². The van der Waals surface area contributed by atoms with E-state index >= 15 is 0 Å². The highest BCUT2D eigenvalue weighted by molar-refractivity contribution is 8.01. The largest absolute Gasteiger partial charge is 0.497 e. The van der Waals surface area contributed by atoms with E-state index < -0.39 is 4.92 Å². The maximum Gasteiger partial charge on any atom is 0.270 e. The zero-order valence-corrected chi connectivity index (χ0v) is 24.7. The molecular weight excluding hydrogens is 572 g/mol. The molecule has 2 atom stereocenters. The van der Waals surface area contributed by atoms with Gasteiger partial charge in [0.1, 0.15) is 11.5 Å². The van der Waals surface area contributed by atoms with Crippen molar-refractivity contribution in [3.63, 3.8) is 0 Å². The van der Waals surface area contributed by atoms with E-state index in [4.69, 9.17) is 14.6 Å². The molecule has 2 heterocycles. The number of hydrogen-bond donors (Lipinski definition) is 0. The fourth-order valence-corrected chi connectivity index (χ4v) is 7.45. The van der Waals surface area contributed by atoms with Gasteiger partial charge < -0.3 is 9.47 Å². The van der Waals surface area contributed by atoms with Crippen molar-refractivity contribution in [1.29, 1.82) is 0 Å². The molecule has 1 aliphatic heterocycles. The predicted octanol–water partition coefficient (Wildman–Crippen LogP) is 7.14. The fourth-order valence-electron chi connectivity index (χ4n) is 5.50. The molecule has 11 heteroatoms. The first kappa shape index (κ1) is 27.9. The van der Waals surface area contributed by atoms with E-state index in [1.807, 2.05) is 48.5 Å². The molecular formula is C31H28N4O5S2. The molecule has 0 radical (unpaired) electrons. The Morgan fingerprint density at radius 2 is 1.81 bits per heavy atom. The standard InChI is InChI=1S/C31H28N4O5S2/c1-39-23-11-6-19(7-12-23)16-21-4-3-5-25-29(21)33-34(30(25)20-8-13-24(40-2)14-9-20)28(36)18-41-31-32-26-15-10-22(35(37)38)17-27(26)42-31/h6-17,25,30H,3-5,18H2,1-2H3. The number of rotatable bonds is 8. The number of aromatic nitrogens is 1. The van der Waals surface area contributed by atoms with Crippen LogP contribution < -0.4 is 9.47 Å². The number of fused-ring (bicyclic) bond motifs is 2. The van der Waals surface area contributed by atoms with Crippen molar-refractivity contribution in [3.05, 3.63) is 93.5 Å². The second-order valence-corrected chi connectivity index (χ2v) is 12.3. The molecule has 2 unspecified atom stereocenters. The summed E-state index contributed by atoms with van der Waals surface area (Å²) < 4.78 is 12.1. The molecule has 0 N–H and O–H groups in total. The van der Waals surface area contributed by atoms with Crippen molar-refractivity contribution in [3.8, 4) is 11.5 Å². The van der Waals surface area contributed by atoms with Crippen molar-refractivity contribution in [2.75, 3.05) is 20.0 Å². The molecule has 1 fully saturated rings. The summed E-state index contributed by atoms with van der Waals surface area (Å²) in [5, 5.41) is 17.8. The average Bonchev–Trinajstić information content (AvgIpc) is 3.62. The number of non-ortho nitro benzene ring substituents is 1. The van der Waals surface area contributed by atoms with Gasteiger partial charge in [-0.1, -0.05) is 36.0 Å². The Morgan fingerprint density at radius 3 is 2.50 bits per heavy atom. The van der Waals surface area contributed by atoms with Crippen LogP contribution in [0.25, 0.3) is 16.3 Å². The number of thioether (sulfide) groups is 1. The number of nitro benzene ring substituents is 1. The van der Waals surface area contributed by atoms with Crippen molar-refractivity contribution in [1.82, 2.24) is 9.99 Å². The highest BCUT2D eigenvalue weighted by Gasteiger charge is 2.43. The smallest absolute Gasteiger partial charge is 0.270 e. The third-order valence-electron chi connectivity index (χ3n) is 7.55. The summed E-state index contributed by atoms with van der Waals surface area (Å²) in [7, 11) is 3.29. The molecule has 4 aromatic rings. The molecule has 2 aliphatic rings. The van der Waals surface area contributed by atoms with Gasteiger partial charge in [-0.3, -0.25) is 14.9 Å². The summed E-state index contributed by atoms with van der Waals surface area (Å²) in [6, 6.07) is 20.2. The number of carbonyl (C=O) groups is 1. The molecule has 0 bridgehead atoms. The molecule has 214 valence electrons. The van der Waals surface area contributed by atoms with Gasteiger partial charge in [-0.15, -0.1) is 11.3 Å². The van der Waals surface area contributed by atoms with Gasteiger partial charge in [-0.05, 0) is 72.4 Å². The summed E-state index contributed by atoms with van der Waals surface area (Å²) >= 11 is 2.68. The normalized spacial score (nSPS) is 19.0. The number of methoxy groups -OCH3 is 2. The van der Waals surface area contributed by atoms with Crippen LogP contribution in [0.1, 0.15) is 36.4 Å². The van der Waals surface area contributed by atoms with Crippen molar-refractivity contribution in [2.45, 2.75) is 29.6 Å². The highest BCUT2D eigenvalue weighted by Crippen LogP contribution is 2.45. The second-order valence-electron chi connectivity index (χ2n) is 10.1. The van der Waals surface area contributed by atoms with E-state index in [1.54, 1.807) is 25.3 Å². The minimum atomic E-state index is -0.419. The van der Waals surface area contributed by atoms with Crippen LogP contribution in [0, 0.1) is 16.0 Å². The number of hydrazone groups is 1. The summed E-state index contributed by atoms with van der Waals surface area (Å²) in [4.78, 5) is 29.1. The third-order valence-corrected chi connectivity index (χ3v) is 9.70. The Kier molecular flexibility index (Phi) is 7.94. The number of carbonyl (C=O) groups excluding carboxylic acids is 1. The minimum absolute atomic E-state index is 0.0232. The number of hydrogen-bond acceptors (Lipinski definition) is 9. The van der Waals surface area contributed by atoms with Crippen LogP contribution in [0.15, 0.2) is 81.7 Å². The SMILES string of the molecule is COc1ccc(C=C2CCCC3C2=NN(C(=O)CSc2nc4ccc([N+](=O)[O-])cc4s2)C3c2ccc(OC)cc2)cc1. The Hall–Kier alpha value is -4.22. The van der Waals surface area contributed by atoms with Gasteiger partial charge in [0.05, 0.1) is 46.9 Å². The number of ether oxygens (including phenoxy) is 2. The molecule has 0 spiro atoms. The summed E-state index contributed by atoms with van der Waals surface area (Å²) in [6.45, 7) is 0. The quantitative estimate of drug-likeness (QED) is 0.120. The second kappa shape index (κ2) is 11.9.